The standard InChI is InChI=1S/C14H14INO2/c1-8-7-12(13(15)9(2)14(8)18)16-10-3-5-11(17)6-4-10/h3-7,16-18H,1-2H3. The summed E-state index contributed by atoms with van der Waals surface area (Å²) in [7, 11) is 0. The first-order valence-corrected chi connectivity index (χ1v) is 6.61. The zero-order valence-electron chi connectivity index (χ0n) is 10.2. The van der Waals surface area contributed by atoms with E-state index < -0.39 is 0 Å². The number of phenolic OH excluding ortho intramolecular Hbond substituents is 2. The highest BCUT2D eigenvalue weighted by atomic mass is 127. The number of hydrogen-bond donors (Lipinski definition) is 3. The van der Waals surface area contributed by atoms with E-state index in [0.717, 1.165) is 26.1 Å². The van der Waals surface area contributed by atoms with Gasteiger partial charge in [0.1, 0.15) is 11.5 Å². The largest absolute Gasteiger partial charge is 0.508 e. The van der Waals surface area contributed by atoms with Gasteiger partial charge in [-0.05, 0) is 72.3 Å². The first kappa shape index (κ1) is 13.0. The van der Waals surface area contributed by atoms with Crippen LogP contribution in [0.2, 0.25) is 0 Å². The molecule has 0 heterocycles. The molecule has 0 aliphatic carbocycles. The highest BCUT2D eigenvalue weighted by Gasteiger charge is 2.10. The van der Waals surface area contributed by atoms with E-state index in [1.54, 1.807) is 12.1 Å². The van der Waals surface area contributed by atoms with Gasteiger partial charge in [-0.2, -0.15) is 0 Å². The molecule has 0 radical (unpaired) electrons. The lowest BCUT2D eigenvalue weighted by Gasteiger charge is -2.13. The minimum Gasteiger partial charge on any atom is -0.508 e. The molecule has 0 amide bonds. The van der Waals surface area contributed by atoms with Crippen LogP contribution in [-0.2, 0) is 0 Å². The van der Waals surface area contributed by atoms with Crippen molar-refractivity contribution in [1.82, 2.24) is 0 Å². The molecular weight excluding hydrogens is 341 g/mol. The van der Waals surface area contributed by atoms with Gasteiger partial charge in [-0.25, -0.2) is 0 Å². The molecule has 0 aliphatic heterocycles. The van der Waals surface area contributed by atoms with E-state index in [-0.39, 0.29) is 5.75 Å². The number of nitrogens with one attached hydrogen (secondary N) is 1. The fourth-order valence-corrected chi connectivity index (χ4v) is 2.29. The number of phenols is 2. The molecule has 0 aliphatic rings. The topological polar surface area (TPSA) is 52.5 Å². The molecule has 2 aromatic carbocycles. The lowest BCUT2D eigenvalue weighted by Crippen LogP contribution is -1.96. The summed E-state index contributed by atoms with van der Waals surface area (Å²) in [5, 5.41) is 22.4. The number of anilines is 2. The number of aryl methyl sites for hydroxylation is 1. The van der Waals surface area contributed by atoms with E-state index in [1.165, 1.54) is 0 Å². The first-order chi connectivity index (χ1) is 8.49. The first-order valence-electron chi connectivity index (χ1n) is 5.53. The molecular formula is C14H14INO2. The Hall–Kier alpha value is -1.43. The fraction of sp³-hybridized carbons (Fsp3) is 0.143. The molecule has 0 unspecified atom stereocenters. The van der Waals surface area contributed by atoms with Crippen LogP contribution < -0.4 is 5.32 Å². The Morgan fingerprint density at radius 3 is 2.28 bits per heavy atom. The van der Waals surface area contributed by atoms with Crippen LogP contribution in [0, 0.1) is 17.4 Å². The maximum atomic E-state index is 9.85. The van der Waals surface area contributed by atoms with Crippen LogP contribution in [0.4, 0.5) is 11.4 Å². The summed E-state index contributed by atoms with van der Waals surface area (Å²) in [6.07, 6.45) is 0. The van der Waals surface area contributed by atoms with Gasteiger partial charge in [0, 0.05) is 14.8 Å². The number of benzene rings is 2. The Morgan fingerprint density at radius 1 is 1.06 bits per heavy atom. The third-order valence-corrected chi connectivity index (χ3v) is 4.19. The summed E-state index contributed by atoms with van der Waals surface area (Å²) in [5.74, 6) is 0.587. The second kappa shape index (κ2) is 5.06. The normalized spacial score (nSPS) is 10.4. The van der Waals surface area contributed by atoms with Gasteiger partial charge in [0.15, 0.2) is 0 Å². The highest BCUT2D eigenvalue weighted by Crippen LogP contribution is 2.33. The number of rotatable bonds is 2. The van der Waals surface area contributed by atoms with E-state index in [1.807, 2.05) is 32.0 Å². The average molecular weight is 355 g/mol. The summed E-state index contributed by atoms with van der Waals surface area (Å²) in [5.41, 5.74) is 3.57. The van der Waals surface area contributed by atoms with Crippen molar-refractivity contribution in [2.24, 2.45) is 0 Å². The van der Waals surface area contributed by atoms with Crippen LogP contribution in [0.1, 0.15) is 11.1 Å². The monoisotopic (exact) mass is 355 g/mol. The molecule has 3 nitrogen and oxygen atoms in total. The summed E-state index contributed by atoms with van der Waals surface area (Å²) < 4.78 is 0.990. The molecule has 2 rings (SSSR count). The Morgan fingerprint density at radius 2 is 1.67 bits per heavy atom. The summed E-state index contributed by atoms with van der Waals surface area (Å²) in [4.78, 5) is 0. The van der Waals surface area contributed by atoms with Crippen LogP contribution in [0.15, 0.2) is 30.3 Å². The predicted molar refractivity (Wildman–Crippen MR) is 81.7 cm³/mol. The van der Waals surface area contributed by atoms with Gasteiger partial charge < -0.3 is 15.5 Å². The molecule has 0 fully saturated rings. The molecule has 0 aromatic heterocycles. The van der Waals surface area contributed by atoms with Crippen molar-refractivity contribution in [3.8, 4) is 11.5 Å². The van der Waals surface area contributed by atoms with Gasteiger partial charge >= 0.3 is 0 Å². The van der Waals surface area contributed by atoms with Gasteiger partial charge in [-0.15, -0.1) is 0 Å². The van der Waals surface area contributed by atoms with Crippen molar-refractivity contribution in [2.75, 3.05) is 5.32 Å². The van der Waals surface area contributed by atoms with Crippen molar-refractivity contribution in [2.45, 2.75) is 13.8 Å². The fourth-order valence-electron chi connectivity index (χ4n) is 1.74. The minimum atomic E-state index is 0.244. The summed E-state index contributed by atoms with van der Waals surface area (Å²) in [6.45, 7) is 3.77. The van der Waals surface area contributed by atoms with E-state index in [2.05, 4.69) is 27.9 Å². The second-order valence-corrected chi connectivity index (χ2v) is 5.28. The van der Waals surface area contributed by atoms with Crippen molar-refractivity contribution in [3.63, 3.8) is 0 Å². The molecule has 0 bridgehead atoms. The molecule has 94 valence electrons. The summed E-state index contributed by atoms with van der Waals surface area (Å²) >= 11 is 2.21. The lowest BCUT2D eigenvalue weighted by molar-refractivity contribution is 0.466. The van der Waals surface area contributed by atoms with Crippen LogP contribution in [0.5, 0.6) is 11.5 Å². The Labute approximate surface area is 120 Å². The SMILES string of the molecule is Cc1cc(Nc2ccc(O)cc2)c(I)c(C)c1O. The van der Waals surface area contributed by atoms with Crippen LogP contribution in [-0.4, -0.2) is 10.2 Å². The quantitative estimate of drug-likeness (QED) is 0.563. The maximum Gasteiger partial charge on any atom is 0.122 e. The van der Waals surface area contributed by atoms with E-state index in [0.29, 0.717) is 5.75 Å². The van der Waals surface area contributed by atoms with Gasteiger partial charge in [0.25, 0.3) is 0 Å². The van der Waals surface area contributed by atoms with E-state index in [9.17, 15) is 10.2 Å². The Bertz CT molecular complexity index is 579. The molecule has 2 aromatic rings. The van der Waals surface area contributed by atoms with Gasteiger partial charge in [-0.3, -0.25) is 0 Å². The van der Waals surface area contributed by atoms with Crippen LogP contribution >= 0.6 is 22.6 Å². The molecule has 3 N–H and O–H groups in total. The van der Waals surface area contributed by atoms with Gasteiger partial charge in [0.05, 0.1) is 5.69 Å². The van der Waals surface area contributed by atoms with Crippen molar-refractivity contribution in [1.29, 1.82) is 0 Å². The Kier molecular flexibility index (Phi) is 3.65. The lowest BCUT2D eigenvalue weighted by atomic mass is 10.1. The van der Waals surface area contributed by atoms with Crippen molar-refractivity contribution >= 4 is 34.0 Å². The van der Waals surface area contributed by atoms with E-state index in [4.69, 9.17) is 0 Å². The predicted octanol–water partition coefficient (Wildman–Crippen LogP) is 4.06. The highest BCUT2D eigenvalue weighted by molar-refractivity contribution is 14.1. The third kappa shape index (κ3) is 2.53. The van der Waals surface area contributed by atoms with Crippen LogP contribution in [0.3, 0.4) is 0 Å². The molecule has 4 heteroatoms. The number of aromatic hydroxyl groups is 2. The third-order valence-electron chi connectivity index (χ3n) is 2.80. The molecule has 0 saturated heterocycles. The second-order valence-electron chi connectivity index (χ2n) is 4.20. The van der Waals surface area contributed by atoms with Crippen molar-refractivity contribution < 1.29 is 10.2 Å². The Balaban J connectivity index is 2.38. The zero-order valence-corrected chi connectivity index (χ0v) is 12.3. The summed E-state index contributed by atoms with van der Waals surface area (Å²) in [6, 6.07) is 8.80. The average Bonchev–Trinajstić information content (AvgIpc) is 2.36. The smallest absolute Gasteiger partial charge is 0.122 e. The van der Waals surface area contributed by atoms with Gasteiger partial charge in [-0.1, -0.05) is 0 Å². The maximum absolute atomic E-state index is 9.85. The molecule has 0 atom stereocenters. The van der Waals surface area contributed by atoms with Gasteiger partial charge in [0.2, 0.25) is 0 Å². The number of hydrogen-bond acceptors (Lipinski definition) is 3. The minimum absolute atomic E-state index is 0.244. The zero-order chi connectivity index (χ0) is 13.3. The van der Waals surface area contributed by atoms with Crippen LogP contribution in [0.25, 0.3) is 0 Å². The molecule has 18 heavy (non-hydrogen) atoms. The molecule has 0 saturated carbocycles. The number of halogens is 1. The molecule has 0 spiro atoms. The van der Waals surface area contributed by atoms with Crippen molar-refractivity contribution in [3.05, 3.63) is 45.0 Å². The van der Waals surface area contributed by atoms with E-state index >= 15 is 0 Å².